The smallest absolute Gasteiger partial charge is 0.295 e. The molecule has 2 amide bonds. The van der Waals surface area contributed by atoms with E-state index in [9.17, 15) is 14.4 Å². The summed E-state index contributed by atoms with van der Waals surface area (Å²) in [6, 6.07) is 12.8. The van der Waals surface area contributed by atoms with Gasteiger partial charge in [0.1, 0.15) is 0 Å². The van der Waals surface area contributed by atoms with E-state index in [0.717, 1.165) is 22.0 Å². The lowest BCUT2D eigenvalue weighted by atomic mass is 9.91. The molecule has 0 fully saturated rings. The fourth-order valence-corrected chi connectivity index (χ4v) is 4.34. The second-order valence-electron chi connectivity index (χ2n) is 7.63. The van der Waals surface area contributed by atoms with E-state index < -0.39 is 0 Å². The molecule has 2 heterocycles. The molecule has 0 unspecified atom stereocenters. The van der Waals surface area contributed by atoms with Crippen LogP contribution in [0.25, 0.3) is 21.8 Å². The van der Waals surface area contributed by atoms with Gasteiger partial charge in [0.15, 0.2) is 0 Å². The average molecular weight is 385 g/mol. The van der Waals surface area contributed by atoms with Gasteiger partial charge in [-0.1, -0.05) is 18.2 Å². The maximum absolute atomic E-state index is 13.4. The van der Waals surface area contributed by atoms with Crippen molar-refractivity contribution in [3.8, 4) is 0 Å². The van der Waals surface area contributed by atoms with Crippen molar-refractivity contribution in [3.63, 3.8) is 0 Å². The van der Waals surface area contributed by atoms with Crippen molar-refractivity contribution in [1.82, 2.24) is 9.13 Å². The highest BCUT2D eigenvalue weighted by Gasteiger charge is 2.35. The number of aromatic nitrogens is 2. The molecule has 6 heteroatoms. The fraction of sp³-hybridized carbons (Fsp3) is 0.174. The summed E-state index contributed by atoms with van der Waals surface area (Å²) in [7, 11) is 3.39. The molecule has 0 aliphatic carbocycles. The van der Waals surface area contributed by atoms with Crippen molar-refractivity contribution in [2.75, 3.05) is 4.90 Å². The maximum Gasteiger partial charge on any atom is 0.328 e. The highest BCUT2D eigenvalue weighted by atomic mass is 16.2. The van der Waals surface area contributed by atoms with E-state index in [2.05, 4.69) is 0 Å². The van der Waals surface area contributed by atoms with Crippen molar-refractivity contribution in [3.05, 3.63) is 75.2 Å². The third-order valence-corrected chi connectivity index (χ3v) is 5.96. The Morgan fingerprint density at radius 2 is 1.34 bits per heavy atom. The van der Waals surface area contributed by atoms with E-state index in [4.69, 9.17) is 0 Å². The number of fused-ring (bicyclic) bond motifs is 1. The summed E-state index contributed by atoms with van der Waals surface area (Å²) in [4.78, 5) is 40.4. The molecule has 144 valence electrons. The van der Waals surface area contributed by atoms with Crippen LogP contribution >= 0.6 is 0 Å². The lowest BCUT2D eigenvalue weighted by molar-refractivity contribution is 0.0893. The highest BCUT2D eigenvalue weighted by Crippen LogP contribution is 2.36. The van der Waals surface area contributed by atoms with E-state index >= 15 is 0 Å². The van der Waals surface area contributed by atoms with E-state index in [1.54, 1.807) is 36.9 Å². The standard InChI is InChI=1S/C23H19N3O3/c1-12-8-9-16-20-14(12)6-5-7-15(20)21(27)26(22(16)28)17-11-19-18(10-13(17)2)24(3)23(29)25(19)4/h5-11H,1-4H3. The number of aryl methyl sites for hydroxylation is 4. The molecule has 0 saturated heterocycles. The Labute approximate surface area is 166 Å². The molecule has 0 spiro atoms. The van der Waals surface area contributed by atoms with Gasteiger partial charge in [0, 0.05) is 30.6 Å². The molecule has 6 nitrogen and oxygen atoms in total. The Hall–Kier alpha value is -3.67. The van der Waals surface area contributed by atoms with E-state index in [1.165, 1.54) is 9.47 Å². The van der Waals surface area contributed by atoms with Crippen LogP contribution in [-0.2, 0) is 14.1 Å². The van der Waals surface area contributed by atoms with Gasteiger partial charge in [-0.05, 0) is 54.6 Å². The zero-order valence-corrected chi connectivity index (χ0v) is 16.6. The molecular weight excluding hydrogens is 366 g/mol. The summed E-state index contributed by atoms with van der Waals surface area (Å²) in [5.74, 6) is -0.691. The van der Waals surface area contributed by atoms with Gasteiger partial charge < -0.3 is 0 Å². The minimum absolute atomic E-state index is 0.154. The van der Waals surface area contributed by atoms with Crippen LogP contribution in [-0.4, -0.2) is 20.9 Å². The van der Waals surface area contributed by atoms with Crippen molar-refractivity contribution in [2.45, 2.75) is 13.8 Å². The third kappa shape index (κ3) is 2.14. The molecule has 1 aliphatic rings. The first-order valence-corrected chi connectivity index (χ1v) is 9.38. The fourth-order valence-electron chi connectivity index (χ4n) is 4.34. The van der Waals surface area contributed by atoms with Gasteiger partial charge in [-0.3, -0.25) is 18.7 Å². The SMILES string of the molecule is Cc1cc2c(cc1N1C(=O)c3cccc4c(C)ccc(c34)C1=O)n(C)c(=O)n2C. The molecule has 5 rings (SSSR count). The number of nitrogens with zero attached hydrogens (tertiary/aromatic N) is 3. The largest absolute Gasteiger partial charge is 0.328 e. The van der Waals surface area contributed by atoms with E-state index in [-0.39, 0.29) is 17.5 Å². The molecule has 4 aromatic rings. The minimum atomic E-state index is -0.345. The van der Waals surface area contributed by atoms with Gasteiger partial charge in [-0.15, -0.1) is 0 Å². The van der Waals surface area contributed by atoms with Gasteiger partial charge in [0.2, 0.25) is 0 Å². The molecule has 0 radical (unpaired) electrons. The lowest BCUT2D eigenvalue weighted by Crippen LogP contribution is -2.41. The Morgan fingerprint density at radius 3 is 2.03 bits per heavy atom. The number of hydrogen-bond acceptors (Lipinski definition) is 3. The lowest BCUT2D eigenvalue weighted by Gasteiger charge is -2.28. The van der Waals surface area contributed by atoms with Crippen LogP contribution in [0.1, 0.15) is 31.8 Å². The number of rotatable bonds is 1. The van der Waals surface area contributed by atoms with Crippen molar-refractivity contribution < 1.29 is 9.59 Å². The zero-order chi connectivity index (χ0) is 20.6. The van der Waals surface area contributed by atoms with Gasteiger partial charge in [0.05, 0.1) is 16.7 Å². The van der Waals surface area contributed by atoms with Crippen LogP contribution in [0.3, 0.4) is 0 Å². The second-order valence-corrected chi connectivity index (χ2v) is 7.63. The molecule has 0 atom stereocenters. The molecule has 29 heavy (non-hydrogen) atoms. The molecule has 1 aromatic heterocycles. The Kier molecular flexibility index (Phi) is 3.41. The van der Waals surface area contributed by atoms with Crippen LogP contribution in [0.15, 0.2) is 47.3 Å². The van der Waals surface area contributed by atoms with Crippen molar-refractivity contribution in [2.24, 2.45) is 14.1 Å². The predicted molar refractivity (Wildman–Crippen MR) is 113 cm³/mol. The minimum Gasteiger partial charge on any atom is -0.295 e. The van der Waals surface area contributed by atoms with Crippen LogP contribution in [0.5, 0.6) is 0 Å². The van der Waals surface area contributed by atoms with Crippen LogP contribution < -0.4 is 10.6 Å². The molecule has 0 saturated carbocycles. The number of imide groups is 1. The summed E-state index contributed by atoms with van der Waals surface area (Å²) < 4.78 is 3.08. The zero-order valence-electron chi connectivity index (χ0n) is 16.6. The van der Waals surface area contributed by atoms with Crippen molar-refractivity contribution >= 4 is 39.3 Å². The topological polar surface area (TPSA) is 64.3 Å². The number of carbonyl (C=O) groups is 2. The summed E-state index contributed by atoms with van der Waals surface area (Å²) >= 11 is 0. The summed E-state index contributed by atoms with van der Waals surface area (Å²) in [6.45, 7) is 3.82. The van der Waals surface area contributed by atoms with Gasteiger partial charge in [-0.2, -0.15) is 0 Å². The van der Waals surface area contributed by atoms with E-state index in [0.29, 0.717) is 27.7 Å². The first-order chi connectivity index (χ1) is 13.8. The van der Waals surface area contributed by atoms with Crippen LogP contribution in [0.4, 0.5) is 5.69 Å². The van der Waals surface area contributed by atoms with E-state index in [1.807, 2.05) is 38.1 Å². The van der Waals surface area contributed by atoms with Gasteiger partial charge in [-0.25, -0.2) is 9.69 Å². The number of hydrogen-bond donors (Lipinski definition) is 0. The Bertz CT molecular complexity index is 1430. The summed E-state index contributed by atoms with van der Waals surface area (Å²) in [5, 5.41) is 1.63. The number of benzene rings is 3. The number of imidazole rings is 1. The Balaban J connectivity index is 1.80. The number of anilines is 1. The molecule has 1 aliphatic heterocycles. The maximum atomic E-state index is 13.4. The van der Waals surface area contributed by atoms with Crippen LogP contribution in [0.2, 0.25) is 0 Å². The predicted octanol–water partition coefficient (Wildman–Crippen LogP) is 3.45. The summed E-state index contributed by atoms with van der Waals surface area (Å²) in [5.41, 5.74) is 4.58. The molecule has 3 aromatic carbocycles. The highest BCUT2D eigenvalue weighted by molar-refractivity contribution is 6.36. The average Bonchev–Trinajstić information content (AvgIpc) is 2.91. The number of amides is 2. The molecular formula is C23H19N3O3. The van der Waals surface area contributed by atoms with Gasteiger partial charge >= 0.3 is 5.69 Å². The third-order valence-electron chi connectivity index (χ3n) is 5.96. The number of carbonyl (C=O) groups excluding carboxylic acids is 2. The molecule has 0 bridgehead atoms. The normalized spacial score (nSPS) is 13.7. The Morgan fingerprint density at radius 1 is 0.724 bits per heavy atom. The molecule has 0 N–H and O–H groups in total. The summed E-state index contributed by atoms with van der Waals surface area (Å²) in [6.07, 6.45) is 0. The first kappa shape index (κ1) is 17.4. The van der Waals surface area contributed by atoms with Crippen molar-refractivity contribution in [1.29, 1.82) is 0 Å². The second kappa shape index (κ2) is 5.67. The monoisotopic (exact) mass is 385 g/mol. The van der Waals surface area contributed by atoms with Gasteiger partial charge in [0.25, 0.3) is 11.8 Å². The quantitative estimate of drug-likeness (QED) is 0.472. The first-order valence-electron chi connectivity index (χ1n) is 9.38. The van der Waals surface area contributed by atoms with Crippen LogP contribution in [0, 0.1) is 13.8 Å².